The zero-order valence-electron chi connectivity index (χ0n) is 18.6. The van der Waals surface area contributed by atoms with E-state index in [2.05, 4.69) is 10.6 Å². The largest absolute Gasteiger partial charge is 0.479 e. The van der Waals surface area contributed by atoms with Crippen LogP contribution in [0.5, 0.6) is 5.75 Å². The average Bonchev–Trinajstić information content (AvgIpc) is 2.77. The standard InChI is InChI=1S/C23H26ClN3O5S/c1-13-6-7-17(24)10-18(13)25-23(29)16-5-4-8-27(12-16)33(30,31)21-11-20-19(9-14(21)2)26-22(28)15(3)32-20/h6-7,9-11,15-16H,4-5,8,12H2,1-3H3,(H,25,29)(H,26,28). The van der Waals surface area contributed by atoms with Crippen molar-refractivity contribution in [3.05, 3.63) is 46.5 Å². The fourth-order valence-corrected chi connectivity index (χ4v) is 6.02. The van der Waals surface area contributed by atoms with Gasteiger partial charge in [0.25, 0.3) is 5.91 Å². The van der Waals surface area contributed by atoms with Crippen molar-refractivity contribution in [2.45, 2.75) is 44.6 Å². The quantitative estimate of drug-likeness (QED) is 0.678. The molecule has 0 saturated carbocycles. The number of amides is 2. The third-order valence-corrected chi connectivity index (χ3v) is 8.28. The third-order valence-electron chi connectivity index (χ3n) is 6.04. The predicted molar refractivity (Wildman–Crippen MR) is 126 cm³/mol. The van der Waals surface area contributed by atoms with E-state index in [-0.39, 0.29) is 23.3 Å². The number of sulfonamides is 1. The summed E-state index contributed by atoms with van der Waals surface area (Å²) in [6.45, 7) is 5.55. The molecule has 2 aromatic carbocycles. The molecule has 176 valence electrons. The van der Waals surface area contributed by atoms with Gasteiger partial charge in [0, 0.05) is 29.9 Å². The van der Waals surface area contributed by atoms with Gasteiger partial charge in [0.1, 0.15) is 5.75 Å². The number of rotatable bonds is 4. The fraction of sp³-hybridized carbons (Fsp3) is 0.391. The van der Waals surface area contributed by atoms with E-state index in [4.69, 9.17) is 16.3 Å². The van der Waals surface area contributed by atoms with E-state index in [1.54, 1.807) is 32.0 Å². The van der Waals surface area contributed by atoms with Gasteiger partial charge in [-0.05, 0) is 62.9 Å². The van der Waals surface area contributed by atoms with E-state index in [1.807, 2.05) is 13.0 Å². The number of nitrogens with one attached hydrogen (secondary N) is 2. The molecule has 1 saturated heterocycles. The highest BCUT2D eigenvalue weighted by Gasteiger charge is 2.35. The summed E-state index contributed by atoms with van der Waals surface area (Å²) >= 11 is 6.05. The number of ether oxygens (including phenoxy) is 1. The average molecular weight is 492 g/mol. The number of carbonyl (C=O) groups is 2. The molecular weight excluding hydrogens is 466 g/mol. The highest BCUT2D eigenvalue weighted by molar-refractivity contribution is 7.89. The SMILES string of the molecule is Cc1ccc(Cl)cc1NC(=O)C1CCCN(S(=O)(=O)c2cc3c(cc2C)NC(=O)C(C)O3)C1. The molecule has 10 heteroatoms. The molecule has 8 nitrogen and oxygen atoms in total. The molecule has 33 heavy (non-hydrogen) atoms. The van der Waals surface area contributed by atoms with Gasteiger partial charge in [0.15, 0.2) is 6.10 Å². The molecule has 2 amide bonds. The third kappa shape index (κ3) is 4.71. The summed E-state index contributed by atoms with van der Waals surface area (Å²) in [5.74, 6) is -0.686. The van der Waals surface area contributed by atoms with Crippen LogP contribution in [0, 0.1) is 19.8 Å². The first-order valence-electron chi connectivity index (χ1n) is 10.8. The maximum Gasteiger partial charge on any atom is 0.265 e. The predicted octanol–water partition coefficient (Wildman–Crippen LogP) is 3.72. The van der Waals surface area contributed by atoms with Crippen molar-refractivity contribution in [3.63, 3.8) is 0 Å². The van der Waals surface area contributed by atoms with Crippen molar-refractivity contribution >= 4 is 44.8 Å². The van der Waals surface area contributed by atoms with E-state index < -0.39 is 22.0 Å². The molecule has 2 unspecified atom stereocenters. The normalized spacial score (nSPS) is 21.0. The van der Waals surface area contributed by atoms with Crippen LogP contribution >= 0.6 is 11.6 Å². The Kier molecular flexibility index (Phi) is 6.39. The zero-order valence-corrected chi connectivity index (χ0v) is 20.2. The smallest absolute Gasteiger partial charge is 0.265 e. The van der Waals surface area contributed by atoms with Crippen molar-refractivity contribution < 1.29 is 22.7 Å². The lowest BCUT2D eigenvalue weighted by Crippen LogP contribution is -2.44. The lowest BCUT2D eigenvalue weighted by Gasteiger charge is -2.32. The fourth-order valence-electron chi connectivity index (χ4n) is 4.10. The first kappa shape index (κ1) is 23.5. The van der Waals surface area contributed by atoms with Crippen molar-refractivity contribution in [2.75, 3.05) is 23.7 Å². The van der Waals surface area contributed by atoms with Crippen LogP contribution in [0.4, 0.5) is 11.4 Å². The molecule has 2 aromatic rings. The van der Waals surface area contributed by atoms with Crippen LogP contribution in [0.2, 0.25) is 5.02 Å². The lowest BCUT2D eigenvalue weighted by atomic mass is 9.98. The summed E-state index contributed by atoms with van der Waals surface area (Å²) in [4.78, 5) is 24.9. The molecule has 4 rings (SSSR count). The molecule has 0 bridgehead atoms. The maximum atomic E-state index is 13.5. The molecule has 0 aromatic heterocycles. The van der Waals surface area contributed by atoms with Gasteiger partial charge >= 0.3 is 0 Å². The van der Waals surface area contributed by atoms with Crippen LogP contribution in [-0.4, -0.2) is 43.7 Å². The molecule has 0 spiro atoms. The molecule has 2 heterocycles. The number of nitrogens with zero attached hydrogens (tertiary/aromatic N) is 1. The molecule has 1 fully saturated rings. The van der Waals surface area contributed by atoms with Gasteiger partial charge in [-0.25, -0.2) is 8.42 Å². The lowest BCUT2D eigenvalue weighted by molar-refractivity contribution is -0.123. The Hall–Kier alpha value is -2.62. The molecule has 2 N–H and O–H groups in total. The van der Waals surface area contributed by atoms with E-state index in [0.717, 1.165) is 5.56 Å². The summed E-state index contributed by atoms with van der Waals surface area (Å²) in [7, 11) is -3.87. The molecule has 0 radical (unpaired) electrons. The number of halogens is 1. The molecule has 0 aliphatic carbocycles. The van der Waals surface area contributed by atoms with E-state index in [0.29, 0.717) is 47.1 Å². The first-order chi connectivity index (χ1) is 15.6. The Balaban J connectivity index is 1.55. The van der Waals surface area contributed by atoms with Gasteiger partial charge in [-0.1, -0.05) is 17.7 Å². The van der Waals surface area contributed by atoms with Gasteiger partial charge in [-0.15, -0.1) is 0 Å². The number of fused-ring (bicyclic) bond motifs is 1. The van der Waals surface area contributed by atoms with Crippen LogP contribution < -0.4 is 15.4 Å². The first-order valence-corrected chi connectivity index (χ1v) is 12.6. The number of piperidine rings is 1. The highest BCUT2D eigenvalue weighted by atomic mass is 35.5. The Morgan fingerprint density at radius 2 is 1.97 bits per heavy atom. The second-order valence-electron chi connectivity index (χ2n) is 8.51. The van der Waals surface area contributed by atoms with Crippen LogP contribution in [-0.2, 0) is 19.6 Å². The van der Waals surface area contributed by atoms with E-state index in [9.17, 15) is 18.0 Å². The minimum atomic E-state index is -3.87. The highest BCUT2D eigenvalue weighted by Crippen LogP contribution is 2.36. The number of hydrogen-bond acceptors (Lipinski definition) is 5. The number of aryl methyl sites for hydroxylation is 2. The summed E-state index contributed by atoms with van der Waals surface area (Å²) in [5.41, 5.74) is 2.43. The summed E-state index contributed by atoms with van der Waals surface area (Å²) < 4.78 is 33.9. The topological polar surface area (TPSA) is 105 Å². The van der Waals surface area contributed by atoms with Crippen molar-refractivity contribution in [2.24, 2.45) is 5.92 Å². The van der Waals surface area contributed by atoms with Gasteiger partial charge in [0.05, 0.1) is 16.5 Å². The van der Waals surface area contributed by atoms with Crippen molar-refractivity contribution in [1.82, 2.24) is 4.31 Å². The Morgan fingerprint density at radius 3 is 2.73 bits per heavy atom. The number of hydrogen-bond donors (Lipinski definition) is 2. The Labute approximate surface area is 198 Å². The number of anilines is 2. The monoisotopic (exact) mass is 491 g/mol. The summed E-state index contributed by atoms with van der Waals surface area (Å²) in [6.07, 6.45) is 0.445. The van der Waals surface area contributed by atoms with Gasteiger partial charge in [-0.2, -0.15) is 4.31 Å². The number of benzene rings is 2. The van der Waals surface area contributed by atoms with E-state index in [1.165, 1.54) is 10.4 Å². The molecule has 2 atom stereocenters. The zero-order chi connectivity index (χ0) is 23.9. The van der Waals surface area contributed by atoms with Crippen LogP contribution in [0.15, 0.2) is 35.2 Å². The Bertz CT molecular complexity index is 1230. The second-order valence-corrected chi connectivity index (χ2v) is 10.9. The maximum absolute atomic E-state index is 13.5. The summed E-state index contributed by atoms with van der Waals surface area (Å²) in [5, 5.41) is 6.13. The number of carbonyl (C=O) groups excluding carboxylic acids is 2. The summed E-state index contributed by atoms with van der Waals surface area (Å²) in [6, 6.07) is 8.30. The van der Waals surface area contributed by atoms with Crippen LogP contribution in [0.3, 0.4) is 0 Å². The van der Waals surface area contributed by atoms with Gasteiger partial charge < -0.3 is 15.4 Å². The van der Waals surface area contributed by atoms with Crippen LogP contribution in [0.1, 0.15) is 30.9 Å². The second kappa shape index (κ2) is 8.96. The van der Waals surface area contributed by atoms with Gasteiger partial charge in [0.2, 0.25) is 15.9 Å². The van der Waals surface area contributed by atoms with Crippen molar-refractivity contribution in [3.8, 4) is 5.75 Å². The van der Waals surface area contributed by atoms with E-state index >= 15 is 0 Å². The molecular formula is C23H26ClN3O5S. The Morgan fingerprint density at radius 1 is 1.21 bits per heavy atom. The minimum Gasteiger partial charge on any atom is -0.479 e. The molecule has 2 aliphatic heterocycles. The van der Waals surface area contributed by atoms with Gasteiger partial charge in [-0.3, -0.25) is 9.59 Å². The van der Waals surface area contributed by atoms with Crippen molar-refractivity contribution in [1.29, 1.82) is 0 Å². The van der Waals surface area contributed by atoms with Crippen LogP contribution in [0.25, 0.3) is 0 Å². The minimum absolute atomic E-state index is 0.0816. The molecule has 2 aliphatic rings.